The minimum absolute atomic E-state index is 0.101. The van der Waals surface area contributed by atoms with Crippen molar-refractivity contribution in [3.63, 3.8) is 0 Å². The molecule has 0 spiro atoms. The van der Waals surface area contributed by atoms with Crippen LogP contribution in [0.25, 0.3) is 0 Å². The molecule has 0 atom stereocenters. The number of aromatic nitrogens is 1. The number of pyridine rings is 1. The number of amides is 1. The van der Waals surface area contributed by atoms with Crippen molar-refractivity contribution in [1.29, 1.82) is 0 Å². The Morgan fingerprint density at radius 3 is 2.79 bits per heavy atom. The van der Waals surface area contributed by atoms with Crippen molar-refractivity contribution in [3.05, 3.63) is 65.2 Å². The molecule has 1 heterocycles. The highest BCUT2D eigenvalue weighted by atomic mass is 19.1. The molecular weight excluding hydrogens is 243 g/mol. The van der Waals surface area contributed by atoms with E-state index in [1.165, 1.54) is 23.8 Å². The maximum atomic E-state index is 12.9. The fraction of sp³-hybridized carbons (Fsp3) is 0.200. The predicted molar refractivity (Wildman–Crippen MR) is 71.4 cm³/mol. The number of nitrogens with zero attached hydrogens (tertiary/aromatic N) is 1. The Morgan fingerprint density at radius 2 is 2.05 bits per heavy atom. The van der Waals surface area contributed by atoms with Crippen molar-refractivity contribution in [2.75, 3.05) is 6.54 Å². The van der Waals surface area contributed by atoms with Crippen LogP contribution in [0.2, 0.25) is 0 Å². The lowest BCUT2D eigenvalue weighted by atomic mass is 10.1. The van der Waals surface area contributed by atoms with Crippen LogP contribution in [0.3, 0.4) is 0 Å². The van der Waals surface area contributed by atoms with E-state index in [4.69, 9.17) is 0 Å². The third-order valence-electron chi connectivity index (χ3n) is 2.73. The first kappa shape index (κ1) is 13.2. The molecule has 2 rings (SSSR count). The molecule has 0 saturated heterocycles. The van der Waals surface area contributed by atoms with Gasteiger partial charge in [0.2, 0.25) is 5.95 Å². The van der Waals surface area contributed by atoms with E-state index < -0.39 is 5.95 Å². The fourth-order valence-corrected chi connectivity index (χ4v) is 1.81. The van der Waals surface area contributed by atoms with Gasteiger partial charge in [-0.2, -0.15) is 4.39 Å². The first-order valence-electron chi connectivity index (χ1n) is 6.11. The Kier molecular flexibility index (Phi) is 4.23. The number of aryl methyl sites for hydroxylation is 1. The topological polar surface area (TPSA) is 42.0 Å². The van der Waals surface area contributed by atoms with Gasteiger partial charge in [0, 0.05) is 6.54 Å². The normalized spacial score (nSPS) is 10.2. The maximum absolute atomic E-state index is 12.9. The number of carbonyl (C=O) groups is 1. The quantitative estimate of drug-likeness (QED) is 0.856. The summed E-state index contributed by atoms with van der Waals surface area (Å²) in [6, 6.07) is 12.3. The molecule has 1 aromatic carbocycles. The largest absolute Gasteiger partial charge is 0.350 e. The van der Waals surface area contributed by atoms with Crippen molar-refractivity contribution in [3.8, 4) is 0 Å². The second-order valence-corrected chi connectivity index (χ2v) is 4.34. The van der Waals surface area contributed by atoms with E-state index in [2.05, 4.69) is 16.4 Å². The number of halogens is 1. The molecular formula is C15H15FN2O. The van der Waals surface area contributed by atoms with Crippen molar-refractivity contribution in [2.24, 2.45) is 0 Å². The van der Waals surface area contributed by atoms with Gasteiger partial charge in [0.1, 0.15) is 5.69 Å². The molecule has 0 aliphatic carbocycles. The average molecular weight is 258 g/mol. The Bertz CT molecular complexity index is 584. The highest BCUT2D eigenvalue weighted by Crippen LogP contribution is 2.04. The van der Waals surface area contributed by atoms with Crippen molar-refractivity contribution in [1.82, 2.24) is 10.3 Å². The van der Waals surface area contributed by atoms with Crippen LogP contribution >= 0.6 is 0 Å². The van der Waals surface area contributed by atoms with Crippen LogP contribution in [0.5, 0.6) is 0 Å². The minimum Gasteiger partial charge on any atom is -0.350 e. The second-order valence-electron chi connectivity index (χ2n) is 4.34. The van der Waals surface area contributed by atoms with Crippen molar-refractivity contribution in [2.45, 2.75) is 13.3 Å². The van der Waals surface area contributed by atoms with Crippen LogP contribution in [0.4, 0.5) is 4.39 Å². The third-order valence-corrected chi connectivity index (χ3v) is 2.73. The number of carbonyl (C=O) groups excluding carboxylic acids is 1. The van der Waals surface area contributed by atoms with Crippen molar-refractivity contribution < 1.29 is 9.18 Å². The molecule has 0 saturated carbocycles. The second kappa shape index (κ2) is 6.09. The molecule has 1 N–H and O–H groups in total. The van der Waals surface area contributed by atoms with E-state index in [1.807, 2.05) is 25.1 Å². The lowest BCUT2D eigenvalue weighted by molar-refractivity contribution is 0.0948. The SMILES string of the molecule is Cc1cccc(CCNC(=O)c2cccc(F)n2)c1. The monoisotopic (exact) mass is 258 g/mol. The fourth-order valence-electron chi connectivity index (χ4n) is 1.81. The standard InChI is InChI=1S/C15H15FN2O/c1-11-4-2-5-12(10-11)8-9-17-15(19)13-6-3-7-14(16)18-13/h2-7,10H,8-9H2,1H3,(H,17,19). The van der Waals surface area contributed by atoms with Crippen LogP contribution in [0.15, 0.2) is 42.5 Å². The summed E-state index contributed by atoms with van der Waals surface area (Å²) in [4.78, 5) is 15.2. The van der Waals surface area contributed by atoms with Gasteiger partial charge in [-0.05, 0) is 31.0 Å². The van der Waals surface area contributed by atoms with Crippen LogP contribution in [0.1, 0.15) is 21.6 Å². The summed E-state index contributed by atoms with van der Waals surface area (Å²) in [7, 11) is 0. The lowest BCUT2D eigenvalue weighted by Crippen LogP contribution is -2.26. The third kappa shape index (κ3) is 3.88. The van der Waals surface area contributed by atoms with Gasteiger partial charge in [-0.25, -0.2) is 4.98 Å². The minimum atomic E-state index is -0.647. The van der Waals surface area contributed by atoms with Gasteiger partial charge in [-0.1, -0.05) is 35.9 Å². The number of rotatable bonds is 4. The summed E-state index contributed by atoms with van der Waals surface area (Å²) in [5.74, 6) is -1.00. The predicted octanol–water partition coefficient (Wildman–Crippen LogP) is 2.50. The Balaban J connectivity index is 1.87. The van der Waals surface area contributed by atoms with Crippen LogP contribution < -0.4 is 5.32 Å². The first-order valence-corrected chi connectivity index (χ1v) is 6.11. The first-order chi connectivity index (χ1) is 9.15. The van der Waals surface area contributed by atoms with Crippen LogP contribution in [-0.4, -0.2) is 17.4 Å². The highest BCUT2D eigenvalue weighted by molar-refractivity contribution is 5.92. The van der Waals surface area contributed by atoms with E-state index >= 15 is 0 Å². The molecule has 1 amide bonds. The summed E-state index contributed by atoms with van der Waals surface area (Å²) in [6.45, 7) is 2.53. The van der Waals surface area contributed by atoms with Gasteiger partial charge in [-0.3, -0.25) is 4.79 Å². The summed E-state index contributed by atoms with van der Waals surface area (Å²) in [6.07, 6.45) is 0.739. The number of benzene rings is 1. The Labute approximate surface area is 111 Å². The van der Waals surface area contributed by atoms with Gasteiger partial charge < -0.3 is 5.32 Å². The molecule has 4 heteroatoms. The van der Waals surface area contributed by atoms with Gasteiger partial charge in [-0.15, -0.1) is 0 Å². The van der Waals surface area contributed by atoms with Gasteiger partial charge in [0.15, 0.2) is 0 Å². The lowest BCUT2D eigenvalue weighted by Gasteiger charge is -2.05. The van der Waals surface area contributed by atoms with E-state index in [1.54, 1.807) is 0 Å². The molecule has 0 aliphatic rings. The summed E-state index contributed by atoms with van der Waals surface area (Å²) >= 11 is 0. The molecule has 0 radical (unpaired) electrons. The van der Waals surface area contributed by atoms with Gasteiger partial charge in [0.25, 0.3) is 5.91 Å². The molecule has 1 aromatic heterocycles. The maximum Gasteiger partial charge on any atom is 0.270 e. The smallest absolute Gasteiger partial charge is 0.270 e. The molecule has 98 valence electrons. The summed E-state index contributed by atoms with van der Waals surface area (Å²) in [5, 5.41) is 2.73. The van der Waals surface area contributed by atoms with Crippen LogP contribution in [0, 0.1) is 12.9 Å². The number of hydrogen-bond acceptors (Lipinski definition) is 2. The molecule has 0 unspecified atom stereocenters. The van der Waals surface area contributed by atoms with E-state index in [0.717, 1.165) is 12.0 Å². The molecule has 3 nitrogen and oxygen atoms in total. The average Bonchev–Trinajstić information content (AvgIpc) is 2.38. The molecule has 0 bridgehead atoms. The molecule has 2 aromatic rings. The molecule has 19 heavy (non-hydrogen) atoms. The Morgan fingerprint density at radius 1 is 1.26 bits per heavy atom. The van der Waals surface area contributed by atoms with Crippen LogP contribution in [-0.2, 0) is 6.42 Å². The zero-order chi connectivity index (χ0) is 13.7. The van der Waals surface area contributed by atoms with Gasteiger partial charge in [0.05, 0.1) is 0 Å². The summed E-state index contributed by atoms with van der Waals surface area (Å²) in [5.41, 5.74) is 2.45. The number of nitrogens with one attached hydrogen (secondary N) is 1. The summed E-state index contributed by atoms with van der Waals surface area (Å²) < 4.78 is 12.9. The molecule has 0 fully saturated rings. The van der Waals surface area contributed by atoms with Gasteiger partial charge >= 0.3 is 0 Å². The highest BCUT2D eigenvalue weighted by Gasteiger charge is 2.07. The zero-order valence-corrected chi connectivity index (χ0v) is 10.7. The molecule has 0 aliphatic heterocycles. The Hall–Kier alpha value is -2.23. The number of hydrogen-bond donors (Lipinski definition) is 1. The van der Waals surface area contributed by atoms with E-state index in [-0.39, 0.29) is 11.6 Å². The van der Waals surface area contributed by atoms with E-state index in [9.17, 15) is 9.18 Å². The van der Waals surface area contributed by atoms with E-state index in [0.29, 0.717) is 6.54 Å². The zero-order valence-electron chi connectivity index (χ0n) is 10.7. The van der Waals surface area contributed by atoms with Crippen molar-refractivity contribution >= 4 is 5.91 Å².